The molecule has 2 aliphatic heterocycles. The van der Waals surface area contributed by atoms with Crippen LogP contribution in [0.25, 0.3) is 0 Å². The zero-order valence-corrected chi connectivity index (χ0v) is 22.1. The van der Waals surface area contributed by atoms with Crippen LogP contribution in [0.4, 0.5) is 10.5 Å². The molecule has 1 N–H and O–H groups in total. The van der Waals surface area contributed by atoms with Gasteiger partial charge in [-0.15, -0.1) is 11.3 Å². The van der Waals surface area contributed by atoms with E-state index in [2.05, 4.69) is 5.32 Å². The van der Waals surface area contributed by atoms with E-state index in [4.69, 9.17) is 18.9 Å². The lowest BCUT2D eigenvalue weighted by Crippen LogP contribution is -2.46. The first-order valence-electron chi connectivity index (χ1n) is 12.6. The third kappa shape index (κ3) is 6.56. The number of carbonyl (C=O) groups excluding carboxylic acids is 2. The number of hydrogen-bond acceptors (Lipinski definition) is 7. The lowest BCUT2D eigenvalue weighted by molar-refractivity contribution is -0.133. The summed E-state index contributed by atoms with van der Waals surface area (Å²) >= 11 is 1.59. The van der Waals surface area contributed by atoms with Crippen LogP contribution in [0.1, 0.15) is 23.3 Å². The standard InChI is InChI=1S/C28H31N3O6S/c1-34-22-6-2-5-21(14-22)29-28(33)31(16-23-7-3-11-35-23)18-27(32)30(17-24-8-4-12-38-24)15-20-9-10-25-26(13-20)37-19-36-25/h2,4-6,8-10,12-14,23H,3,7,11,15-19H2,1H3,(H,29,33). The number of nitrogens with zero attached hydrogens (tertiary/aromatic N) is 2. The highest BCUT2D eigenvalue weighted by Gasteiger charge is 2.27. The largest absolute Gasteiger partial charge is 0.497 e. The van der Waals surface area contributed by atoms with Crippen molar-refractivity contribution in [3.63, 3.8) is 0 Å². The number of anilines is 1. The first-order valence-corrected chi connectivity index (χ1v) is 13.5. The first-order chi connectivity index (χ1) is 18.6. The maximum atomic E-state index is 13.7. The Morgan fingerprint density at radius 3 is 2.74 bits per heavy atom. The van der Waals surface area contributed by atoms with Crippen LogP contribution >= 0.6 is 11.3 Å². The van der Waals surface area contributed by atoms with Crippen LogP contribution in [-0.2, 0) is 22.6 Å². The SMILES string of the molecule is COc1cccc(NC(=O)N(CC(=O)N(Cc2ccc3c(c2)OCO3)Cc2cccs2)CC2CCCO2)c1. The van der Waals surface area contributed by atoms with E-state index in [0.29, 0.717) is 49.2 Å². The molecule has 1 fully saturated rings. The van der Waals surface area contributed by atoms with Crippen molar-refractivity contribution in [2.45, 2.75) is 32.0 Å². The van der Waals surface area contributed by atoms with Crippen LogP contribution < -0.4 is 19.5 Å². The number of amides is 3. The molecule has 200 valence electrons. The van der Waals surface area contributed by atoms with Crippen molar-refractivity contribution in [2.75, 3.05) is 38.9 Å². The van der Waals surface area contributed by atoms with E-state index in [1.165, 1.54) is 0 Å². The molecule has 1 atom stereocenters. The zero-order valence-electron chi connectivity index (χ0n) is 21.3. The molecular weight excluding hydrogens is 506 g/mol. The second kappa shape index (κ2) is 12.2. The van der Waals surface area contributed by atoms with Gasteiger partial charge in [0.15, 0.2) is 11.5 Å². The average Bonchev–Trinajstić information content (AvgIpc) is 3.71. The van der Waals surface area contributed by atoms with E-state index in [1.807, 2.05) is 41.8 Å². The number of benzene rings is 2. The number of thiophene rings is 1. The molecule has 0 spiro atoms. The second-order valence-corrected chi connectivity index (χ2v) is 10.2. The van der Waals surface area contributed by atoms with E-state index in [9.17, 15) is 9.59 Å². The van der Waals surface area contributed by atoms with Crippen LogP contribution in [0, 0.1) is 0 Å². The third-order valence-corrected chi connectivity index (χ3v) is 7.33. The van der Waals surface area contributed by atoms with Crippen molar-refractivity contribution >= 4 is 29.0 Å². The topological polar surface area (TPSA) is 89.6 Å². The number of urea groups is 1. The highest BCUT2D eigenvalue weighted by molar-refractivity contribution is 7.09. The monoisotopic (exact) mass is 537 g/mol. The van der Waals surface area contributed by atoms with E-state index in [1.54, 1.807) is 46.4 Å². The maximum Gasteiger partial charge on any atom is 0.322 e. The van der Waals surface area contributed by atoms with Gasteiger partial charge < -0.3 is 34.1 Å². The third-order valence-electron chi connectivity index (χ3n) is 6.47. The quantitative estimate of drug-likeness (QED) is 0.402. The predicted octanol–water partition coefficient (Wildman–Crippen LogP) is 4.73. The van der Waals surface area contributed by atoms with E-state index < -0.39 is 0 Å². The van der Waals surface area contributed by atoms with Crippen molar-refractivity contribution in [1.29, 1.82) is 0 Å². The number of fused-ring (bicyclic) bond motifs is 1. The van der Waals surface area contributed by atoms with Crippen LogP contribution in [0.3, 0.4) is 0 Å². The number of nitrogens with one attached hydrogen (secondary N) is 1. The van der Waals surface area contributed by atoms with E-state index in [0.717, 1.165) is 23.3 Å². The van der Waals surface area contributed by atoms with Gasteiger partial charge in [-0.1, -0.05) is 18.2 Å². The summed E-state index contributed by atoms with van der Waals surface area (Å²) in [5.41, 5.74) is 1.51. The van der Waals surface area contributed by atoms with Gasteiger partial charge >= 0.3 is 6.03 Å². The molecule has 0 radical (unpaired) electrons. The molecule has 9 nitrogen and oxygen atoms in total. The molecule has 1 unspecified atom stereocenters. The summed E-state index contributed by atoms with van der Waals surface area (Å²) in [6.07, 6.45) is 1.70. The second-order valence-electron chi connectivity index (χ2n) is 9.19. The maximum absolute atomic E-state index is 13.7. The van der Waals surface area contributed by atoms with E-state index >= 15 is 0 Å². The smallest absolute Gasteiger partial charge is 0.322 e. The molecule has 38 heavy (non-hydrogen) atoms. The predicted molar refractivity (Wildman–Crippen MR) is 144 cm³/mol. The molecule has 0 saturated carbocycles. The van der Waals surface area contributed by atoms with Crippen molar-refractivity contribution in [3.8, 4) is 17.2 Å². The van der Waals surface area contributed by atoms with Crippen molar-refractivity contribution in [2.24, 2.45) is 0 Å². The van der Waals surface area contributed by atoms with Gasteiger partial charge in [-0.25, -0.2) is 4.79 Å². The molecule has 5 rings (SSSR count). The lowest BCUT2D eigenvalue weighted by Gasteiger charge is -2.29. The molecule has 0 bridgehead atoms. The zero-order chi connectivity index (χ0) is 26.3. The van der Waals surface area contributed by atoms with Crippen LogP contribution in [-0.4, -0.2) is 61.4 Å². The van der Waals surface area contributed by atoms with Crippen molar-refractivity contribution in [3.05, 3.63) is 70.4 Å². The summed E-state index contributed by atoms with van der Waals surface area (Å²) in [5.74, 6) is 1.84. The minimum absolute atomic E-state index is 0.0778. The number of rotatable bonds is 10. The molecule has 2 aliphatic rings. The Labute approximate surface area is 225 Å². The Kier molecular flexibility index (Phi) is 8.30. The average molecular weight is 538 g/mol. The van der Waals surface area contributed by atoms with Crippen LogP contribution in [0.2, 0.25) is 0 Å². The minimum atomic E-state index is -0.360. The van der Waals surface area contributed by atoms with Crippen molar-refractivity contribution < 1.29 is 28.5 Å². The molecule has 10 heteroatoms. The summed E-state index contributed by atoms with van der Waals surface area (Å²) in [6, 6.07) is 16.4. The van der Waals surface area contributed by atoms with Gasteiger partial charge in [0.1, 0.15) is 12.3 Å². The summed E-state index contributed by atoms with van der Waals surface area (Å²) in [4.78, 5) is 31.5. The summed E-state index contributed by atoms with van der Waals surface area (Å²) in [7, 11) is 1.58. The van der Waals surface area contributed by atoms with Gasteiger partial charge in [0.25, 0.3) is 0 Å². The summed E-state index contributed by atoms with van der Waals surface area (Å²) in [6.45, 7) is 1.93. The lowest BCUT2D eigenvalue weighted by atomic mass is 10.1. The number of ether oxygens (including phenoxy) is 4. The van der Waals surface area contributed by atoms with Gasteiger partial charge in [-0.2, -0.15) is 0 Å². The molecule has 0 aliphatic carbocycles. The molecule has 1 saturated heterocycles. The van der Waals surface area contributed by atoms with Gasteiger partial charge in [0, 0.05) is 36.3 Å². The highest BCUT2D eigenvalue weighted by atomic mass is 32.1. The Balaban J connectivity index is 1.33. The number of hydrogen-bond donors (Lipinski definition) is 1. The summed E-state index contributed by atoms with van der Waals surface area (Å²) in [5, 5.41) is 4.90. The Bertz CT molecular complexity index is 1250. The fourth-order valence-electron chi connectivity index (χ4n) is 4.50. The Morgan fingerprint density at radius 1 is 1.05 bits per heavy atom. The van der Waals surface area contributed by atoms with Gasteiger partial charge in [-0.05, 0) is 54.1 Å². The summed E-state index contributed by atoms with van der Waals surface area (Å²) < 4.78 is 22.0. The van der Waals surface area contributed by atoms with Crippen LogP contribution in [0.5, 0.6) is 17.2 Å². The Hall–Kier alpha value is -3.76. The molecule has 1 aromatic heterocycles. The van der Waals surface area contributed by atoms with Gasteiger partial charge in [0.2, 0.25) is 12.7 Å². The van der Waals surface area contributed by atoms with Crippen LogP contribution in [0.15, 0.2) is 60.0 Å². The van der Waals surface area contributed by atoms with Gasteiger partial charge in [-0.3, -0.25) is 4.79 Å². The minimum Gasteiger partial charge on any atom is -0.497 e. The number of carbonyl (C=O) groups is 2. The Morgan fingerprint density at radius 2 is 1.95 bits per heavy atom. The van der Waals surface area contributed by atoms with Crippen molar-refractivity contribution in [1.82, 2.24) is 9.80 Å². The molecular formula is C28H31N3O6S. The number of methoxy groups -OCH3 is 1. The molecule has 2 aromatic carbocycles. The normalized spacial score (nSPS) is 15.8. The fraction of sp³-hybridized carbons (Fsp3) is 0.357. The fourth-order valence-corrected chi connectivity index (χ4v) is 5.22. The first kappa shape index (κ1) is 25.9. The highest BCUT2D eigenvalue weighted by Crippen LogP contribution is 2.33. The molecule has 3 aromatic rings. The van der Waals surface area contributed by atoms with E-state index in [-0.39, 0.29) is 31.4 Å². The molecule has 3 heterocycles. The molecule has 3 amide bonds. The van der Waals surface area contributed by atoms with Gasteiger partial charge in [0.05, 0.1) is 19.8 Å².